The number of carbonyl (C=O) groups is 2. The minimum absolute atomic E-state index is 0.0316. The van der Waals surface area contributed by atoms with E-state index in [2.05, 4.69) is 4.98 Å². The molecule has 0 unspecified atom stereocenters. The van der Waals surface area contributed by atoms with Gasteiger partial charge in [-0.25, -0.2) is 4.79 Å². The van der Waals surface area contributed by atoms with E-state index in [-0.39, 0.29) is 17.9 Å². The topological polar surface area (TPSA) is 75.8 Å². The Hall–Kier alpha value is -2.11. The molecule has 0 aliphatic heterocycles. The van der Waals surface area contributed by atoms with Gasteiger partial charge in [-0.2, -0.15) is 0 Å². The number of esters is 1. The van der Waals surface area contributed by atoms with Crippen LogP contribution in [0.4, 0.5) is 0 Å². The molecular formula is C19H24ClN2O3+. The number of aryl methyl sites for hydroxylation is 1. The summed E-state index contributed by atoms with van der Waals surface area (Å²) < 4.78 is 4.79. The van der Waals surface area contributed by atoms with Crippen LogP contribution in [0.5, 0.6) is 0 Å². The number of benzene rings is 1. The molecule has 0 saturated carbocycles. The number of Topliss-reactive ketones (excluding diaryl/α,β-unsaturated/α-hetero) is 1. The Morgan fingerprint density at radius 1 is 1.20 bits per heavy atom. The number of H-pyrrole nitrogens is 1. The number of carbonyl (C=O) groups excluding carboxylic acids is 2. The molecule has 0 fully saturated rings. The zero-order valence-corrected chi connectivity index (χ0v) is 15.9. The van der Waals surface area contributed by atoms with Gasteiger partial charge in [0.1, 0.15) is 12.1 Å². The summed E-state index contributed by atoms with van der Waals surface area (Å²) >= 11 is 6.24. The fraction of sp³-hybridized carbons (Fsp3) is 0.368. The van der Waals surface area contributed by atoms with E-state index in [1.807, 2.05) is 43.4 Å². The Balaban J connectivity index is 2.21. The maximum Gasteiger partial charge on any atom is 0.339 e. The highest BCUT2D eigenvalue weighted by atomic mass is 35.5. The quantitative estimate of drug-likeness (QED) is 0.612. The van der Waals surface area contributed by atoms with Gasteiger partial charge in [0.05, 0.1) is 18.4 Å². The first-order valence-corrected chi connectivity index (χ1v) is 8.56. The first-order valence-electron chi connectivity index (χ1n) is 8.19. The third kappa shape index (κ3) is 3.94. The molecule has 0 spiro atoms. The summed E-state index contributed by atoms with van der Waals surface area (Å²) in [4.78, 5) is 27.8. The fourth-order valence-corrected chi connectivity index (χ4v) is 3.41. The van der Waals surface area contributed by atoms with Crippen molar-refractivity contribution in [2.24, 2.45) is 0 Å². The Morgan fingerprint density at radius 3 is 2.44 bits per heavy atom. The smallest absolute Gasteiger partial charge is 0.339 e. The molecule has 0 radical (unpaired) electrons. The zero-order valence-electron chi connectivity index (χ0n) is 15.1. The van der Waals surface area contributed by atoms with Gasteiger partial charge < -0.3 is 15.0 Å². The molecule has 0 saturated heterocycles. The van der Waals surface area contributed by atoms with Crippen LogP contribution in [0.3, 0.4) is 0 Å². The van der Waals surface area contributed by atoms with Crippen molar-refractivity contribution in [3.8, 4) is 0 Å². The SMILES string of the molecule is COC(=O)c1c(C)[nH]c(C(=O)[C@@H](C)[NH2+][C@H](C)c2ccccc2Cl)c1C. The van der Waals surface area contributed by atoms with Crippen molar-refractivity contribution in [1.82, 2.24) is 4.98 Å². The Kier molecular flexibility index (Phi) is 6.03. The van der Waals surface area contributed by atoms with Crippen LogP contribution in [-0.2, 0) is 4.74 Å². The van der Waals surface area contributed by atoms with E-state index in [0.29, 0.717) is 27.5 Å². The van der Waals surface area contributed by atoms with E-state index < -0.39 is 5.97 Å². The number of aromatic amines is 1. The Labute approximate surface area is 152 Å². The minimum atomic E-state index is -0.439. The number of nitrogens with one attached hydrogen (secondary N) is 1. The first kappa shape index (κ1) is 19.2. The van der Waals surface area contributed by atoms with Gasteiger partial charge >= 0.3 is 5.97 Å². The van der Waals surface area contributed by atoms with Crippen LogP contribution in [0.15, 0.2) is 24.3 Å². The van der Waals surface area contributed by atoms with E-state index in [9.17, 15) is 9.59 Å². The van der Waals surface area contributed by atoms with E-state index in [1.165, 1.54) is 7.11 Å². The summed E-state index contributed by atoms with van der Waals surface area (Å²) in [5.74, 6) is -0.499. The molecule has 6 heteroatoms. The summed E-state index contributed by atoms with van der Waals surface area (Å²) in [6.45, 7) is 7.38. The van der Waals surface area contributed by atoms with Gasteiger partial charge in [0.15, 0.2) is 0 Å². The molecule has 2 atom stereocenters. The maximum absolute atomic E-state index is 12.8. The lowest BCUT2D eigenvalue weighted by Gasteiger charge is -2.17. The summed E-state index contributed by atoms with van der Waals surface area (Å²) in [6.07, 6.45) is 0. The molecule has 0 amide bonds. The molecule has 3 N–H and O–H groups in total. The van der Waals surface area contributed by atoms with Crippen LogP contribution in [0.2, 0.25) is 5.02 Å². The van der Waals surface area contributed by atoms with Gasteiger partial charge in [-0.3, -0.25) is 4.79 Å². The monoisotopic (exact) mass is 363 g/mol. The number of aromatic nitrogens is 1. The number of rotatable bonds is 6. The van der Waals surface area contributed by atoms with Crippen molar-refractivity contribution in [2.75, 3.05) is 7.11 Å². The van der Waals surface area contributed by atoms with Crippen molar-refractivity contribution in [3.05, 3.63) is 57.4 Å². The van der Waals surface area contributed by atoms with Gasteiger partial charge in [0.2, 0.25) is 5.78 Å². The van der Waals surface area contributed by atoms with E-state index in [4.69, 9.17) is 16.3 Å². The summed E-state index contributed by atoms with van der Waals surface area (Å²) in [6, 6.07) is 7.32. The van der Waals surface area contributed by atoms with Crippen LogP contribution in [0, 0.1) is 13.8 Å². The molecule has 1 heterocycles. The lowest BCUT2D eigenvalue weighted by molar-refractivity contribution is -0.709. The normalized spacial score (nSPS) is 13.4. The third-order valence-corrected chi connectivity index (χ3v) is 4.80. The van der Waals surface area contributed by atoms with Crippen molar-refractivity contribution < 1.29 is 19.6 Å². The van der Waals surface area contributed by atoms with Crippen molar-refractivity contribution in [1.29, 1.82) is 0 Å². The van der Waals surface area contributed by atoms with Crippen LogP contribution >= 0.6 is 11.6 Å². The first-order chi connectivity index (χ1) is 11.8. The second-order valence-corrected chi connectivity index (χ2v) is 6.68. The lowest BCUT2D eigenvalue weighted by atomic mass is 10.0. The Morgan fingerprint density at radius 2 is 1.84 bits per heavy atom. The van der Waals surface area contributed by atoms with Crippen molar-refractivity contribution >= 4 is 23.4 Å². The Bertz CT molecular complexity index is 798. The van der Waals surface area contributed by atoms with Crippen LogP contribution < -0.4 is 5.32 Å². The number of halogens is 1. The molecule has 0 aliphatic carbocycles. The van der Waals surface area contributed by atoms with Gasteiger partial charge in [0, 0.05) is 16.3 Å². The standard InChI is InChI=1S/C19H23ClN2O3/c1-10-16(19(24)25-5)12(3)22-17(10)18(23)13(4)21-11(2)14-8-6-7-9-15(14)20/h6-9,11,13,21-22H,1-5H3/p+1/t11-,13-/m1/s1. The van der Waals surface area contributed by atoms with Gasteiger partial charge in [-0.15, -0.1) is 0 Å². The minimum Gasteiger partial charge on any atom is -0.465 e. The number of quaternary nitrogens is 1. The molecule has 25 heavy (non-hydrogen) atoms. The average molecular weight is 364 g/mol. The second-order valence-electron chi connectivity index (χ2n) is 6.27. The summed E-state index contributed by atoms with van der Waals surface area (Å²) in [5.41, 5.74) is 3.13. The van der Waals surface area contributed by atoms with Crippen molar-refractivity contribution in [3.63, 3.8) is 0 Å². The number of hydrogen-bond acceptors (Lipinski definition) is 3. The predicted octanol–water partition coefficient (Wildman–Crippen LogP) is 2.97. The highest BCUT2D eigenvalue weighted by molar-refractivity contribution is 6.31. The molecule has 1 aromatic heterocycles. The van der Waals surface area contributed by atoms with E-state index in [1.54, 1.807) is 13.8 Å². The number of methoxy groups -OCH3 is 1. The molecule has 2 aromatic rings. The number of ether oxygens (including phenoxy) is 1. The maximum atomic E-state index is 12.8. The van der Waals surface area contributed by atoms with Crippen molar-refractivity contribution in [2.45, 2.75) is 39.8 Å². The van der Waals surface area contributed by atoms with Gasteiger partial charge in [-0.1, -0.05) is 29.8 Å². The predicted molar refractivity (Wildman–Crippen MR) is 97.2 cm³/mol. The molecule has 0 aliphatic rings. The third-order valence-electron chi connectivity index (χ3n) is 4.46. The number of hydrogen-bond donors (Lipinski definition) is 2. The molecule has 5 nitrogen and oxygen atoms in total. The number of ketones is 1. The second kappa shape index (κ2) is 7.85. The van der Waals surface area contributed by atoms with Gasteiger partial charge in [0.25, 0.3) is 0 Å². The van der Waals surface area contributed by atoms with Crippen LogP contribution in [0.25, 0.3) is 0 Å². The number of nitrogens with two attached hydrogens (primary N) is 1. The van der Waals surface area contributed by atoms with Crippen LogP contribution in [0.1, 0.15) is 57.6 Å². The average Bonchev–Trinajstić information content (AvgIpc) is 2.88. The fourth-order valence-electron chi connectivity index (χ4n) is 3.10. The zero-order chi connectivity index (χ0) is 18.7. The highest BCUT2D eigenvalue weighted by Crippen LogP contribution is 2.21. The largest absolute Gasteiger partial charge is 0.465 e. The molecule has 1 aromatic carbocycles. The van der Waals surface area contributed by atoms with E-state index >= 15 is 0 Å². The summed E-state index contributed by atoms with van der Waals surface area (Å²) in [5, 5.41) is 2.66. The molecule has 134 valence electrons. The lowest BCUT2D eigenvalue weighted by Crippen LogP contribution is -2.91. The van der Waals surface area contributed by atoms with E-state index in [0.717, 1.165) is 5.56 Å². The highest BCUT2D eigenvalue weighted by Gasteiger charge is 2.28. The molecule has 0 bridgehead atoms. The summed E-state index contributed by atoms with van der Waals surface area (Å²) in [7, 11) is 1.33. The van der Waals surface area contributed by atoms with Crippen LogP contribution in [-0.4, -0.2) is 29.9 Å². The molecular weight excluding hydrogens is 340 g/mol. The molecule has 2 rings (SSSR count). The van der Waals surface area contributed by atoms with Gasteiger partial charge in [-0.05, 0) is 39.3 Å².